The third kappa shape index (κ3) is 4.33. The summed E-state index contributed by atoms with van der Waals surface area (Å²) in [4.78, 5) is 34.2. The van der Waals surface area contributed by atoms with Crippen LogP contribution in [0.3, 0.4) is 0 Å². The van der Waals surface area contributed by atoms with Gasteiger partial charge in [0.25, 0.3) is 0 Å². The zero-order valence-electron chi connectivity index (χ0n) is 12.9. The molecule has 7 nitrogen and oxygen atoms in total. The van der Waals surface area contributed by atoms with E-state index in [1.807, 2.05) is 0 Å². The van der Waals surface area contributed by atoms with Gasteiger partial charge in [0.05, 0.1) is 24.3 Å². The van der Waals surface area contributed by atoms with Gasteiger partial charge in [0, 0.05) is 6.54 Å². The second-order valence-corrected chi connectivity index (χ2v) is 4.83. The minimum atomic E-state index is -1.26. The first-order chi connectivity index (χ1) is 11.5. The SMILES string of the molecule is COC(=O)c1ccccc1NC(=O)NCc1ccc(C(=O)[O-])cc1. The Kier molecular flexibility index (Phi) is 5.51. The van der Waals surface area contributed by atoms with Crippen LogP contribution in [0.2, 0.25) is 0 Å². The smallest absolute Gasteiger partial charge is 0.339 e. The number of aromatic carboxylic acids is 1. The molecule has 0 aliphatic heterocycles. The topological polar surface area (TPSA) is 108 Å². The van der Waals surface area contributed by atoms with Gasteiger partial charge in [-0.15, -0.1) is 0 Å². The number of methoxy groups -OCH3 is 1. The minimum absolute atomic E-state index is 0.0650. The third-order valence-corrected chi connectivity index (χ3v) is 3.22. The Balaban J connectivity index is 1.96. The summed E-state index contributed by atoms with van der Waals surface area (Å²) in [5.41, 5.74) is 1.36. The van der Waals surface area contributed by atoms with Gasteiger partial charge in [-0.2, -0.15) is 0 Å². The molecule has 0 aliphatic rings. The highest BCUT2D eigenvalue weighted by molar-refractivity contribution is 6.00. The Labute approximate surface area is 138 Å². The fourth-order valence-electron chi connectivity index (χ4n) is 1.99. The number of rotatable bonds is 5. The number of benzene rings is 2. The molecule has 0 radical (unpaired) electrons. The van der Waals surface area contributed by atoms with Crippen LogP contribution in [-0.4, -0.2) is 25.1 Å². The van der Waals surface area contributed by atoms with Gasteiger partial charge in [0.1, 0.15) is 0 Å². The predicted octanol–water partition coefficient (Wildman–Crippen LogP) is 1.16. The quantitative estimate of drug-likeness (QED) is 0.801. The van der Waals surface area contributed by atoms with E-state index in [0.717, 1.165) is 5.56 Å². The van der Waals surface area contributed by atoms with Gasteiger partial charge < -0.3 is 25.3 Å². The average molecular weight is 327 g/mol. The predicted molar refractivity (Wildman–Crippen MR) is 84.4 cm³/mol. The molecule has 0 aromatic heterocycles. The lowest BCUT2D eigenvalue weighted by atomic mass is 10.1. The van der Waals surface area contributed by atoms with Crippen molar-refractivity contribution in [3.63, 3.8) is 0 Å². The molecule has 0 spiro atoms. The van der Waals surface area contributed by atoms with E-state index in [-0.39, 0.29) is 17.7 Å². The molecule has 7 heteroatoms. The number of esters is 1. The fraction of sp³-hybridized carbons (Fsp3) is 0.118. The Hall–Kier alpha value is -3.35. The largest absolute Gasteiger partial charge is 0.545 e. The number of ether oxygens (including phenoxy) is 1. The van der Waals surface area contributed by atoms with Gasteiger partial charge in [-0.05, 0) is 23.3 Å². The molecular weight excluding hydrogens is 312 g/mol. The molecule has 24 heavy (non-hydrogen) atoms. The van der Waals surface area contributed by atoms with Gasteiger partial charge in [0.15, 0.2) is 0 Å². The van der Waals surface area contributed by atoms with E-state index in [9.17, 15) is 19.5 Å². The molecule has 0 heterocycles. The first-order valence-electron chi connectivity index (χ1n) is 7.03. The molecule has 0 bridgehead atoms. The number of carboxylic acids is 1. The van der Waals surface area contributed by atoms with Crippen molar-refractivity contribution < 1.29 is 24.2 Å². The number of nitrogens with one attached hydrogen (secondary N) is 2. The summed E-state index contributed by atoms with van der Waals surface area (Å²) in [6.07, 6.45) is 0. The molecule has 124 valence electrons. The number of amides is 2. The van der Waals surface area contributed by atoms with Crippen molar-refractivity contribution in [2.75, 3.05) is 12.4 Å². The van der Waals surface area contributed by atoms with Crippen LogP contribution in [0, 0.1) is 0 Å². The zero-order chi connectivity index (χ0) is 17.5. The van der Waals surface area contributed by atoms with Crippen LogP contribution in [0.4, 0.5) is 10.5 Å². The van der Waals surface area contributed by atoms with Crippen molar-refractivity contribution >= 4 is 23.7 Å². The number of hydrogen-bond donors (Lipinski definition) is 2. The monoisotopic (exact) mass is 327 g/mol. The van der Waals surface area contributed by atoms with Crippen LogP contribution in [0.25, 0.3) is 0 Å². The Morgan fingerprint density at radius 1 is 1.04 bits per heavy atom. The summed E-state index contributed by atoms with van der Waals surface area (Å²) in [5.74, 6) is -1.81. The van der Waals surface area contributed by atoms with Gasteiger partial charge in [0.2, 0.25) is 0 Å². The van der Waals surface area contributed by atoms with E-state index in [2.05, 4.69) is 15.4 Å². The Bertz CT molecular complexity index is 756. The molecule has 2 N–H and O–H groups in total. The molecule has 2 amide bonds. The van der Waals surface area contributed by atoms with E-state index >= 15 is 0 Å². The van der Waals surface area contributed by atoms with Gasteiger partial charge in [-0.25, -0.2) is 9.59 Å². The molecule has 0 aliphatic carbocycles. The van der Waals surface area contributed by atoms with Crippen molar-refractivity contribution in [2.45, 2.75) is 6.54 Å². The van der Waals surface area contributed by atoms with Crippen molar-refractivity contribution in [3.05, 3.63) is 65.2 Å². The Morgan fingerprint density at radius 3 is 2.33 bits per heavy atom. The summed E-state index contributed by atoms with van der Waals surface area (Å²) in [5, 5.41) is 15.9. The van der Waals surface area contributed by atoms with E-state index in [1.165, 1.54) is 19.2 Å². The highest BCUT2D eigenvalue weighted by Gasteiger charge is 2.12. The van der Waals surface area contributed by atoms with Crippen LogP contribution in [0.5, 0.6) is 0 Å². The number of hydrogen-bond acceptors (Lipinski definition) is 5. The second kappa shape index (κ2) is 7.77. The number of carbonyl (C=O) groups is 3. The Morgan fingerprint density at radius 2 is 1.71 bits per heavy atom. The molecular formula is C17H15N2O5-. The zero-order valence-corrected chi connectivity index (χ0v) is 12.9. The average Bonchev–Trinajstić information content (AvgIpc) is 2.60. The maximum Gasteiger partial charge on any atom is 0.339 e. The number of para-hydroxylation sites is 1. The summed E-state index contributed by atoms with van der Waals surface area (Å²) >= 11 is 0. The maximum absolute atomic E-state index is 11.9. The summed E-state index contributed by atoms with van der Waals surface area (Å²) < 4.78 is 4.65. The number of carbonyl (C=O) groups excluding carboxylic acids is 3. The standard InChI is InChI=1S/C17H16N2O5/c1-24-16(22)13-4-2-3-5-14(13)19-17(23)18-10-11-6-8-12(9-7-11)15(20)21/h2-9H,10H2,1H3,(H,20,21)(H2,18,19,23)/p-1. The highest BCUT2D eigenvalue weighted by Crippen LogP contribution is 2.15. The number of urea groups is 1. The molecule has 2 aromatic carbocycles. The second-order valence-electron chi connectivity index (χ2n) is 4.83. The van der Waals surface area contributed by atoms with Crippen molar-refractivity contribution in [1.82, 2.24) is 5.32 Å². The lowest BCUT2D eigenvalue weighted by molar-refractivity contribution is -0.255. The summed E-state index contributed by atoms with van der Waals surface area (Å²) in [6, 6.07) is 11.9. The lowest BCUT2D eigenvalue weighted by Crippen LogP contribution is -2.29. The van der Waals surface area contributed by atoms with Crippen LogP contribution in [0.1, 0.15) is 26.3 Å². The number of carboxylic acid groups (broad SMARTS) is 1. The van der Waals surface area contributed by atoms with Gasteiger partial charge >= 0.3 is 12.0 Å². The van der Waals surface area contributed by atoms with Crippen LogP contribution < -0.4 is 15.7 Å². The third-order valence-electron chi connectivity index (χ3n) is 3.22. The van der Waals surface area contributed by atoms with E-state index in [0.29, 0.717) is 5.69 Å². The minimum Gasteiger partial charge on any atom is -0.545 e. The molecule has 0 atom stereocenters. The normalized spacial score (nSPS) is 9.88. The van der Waals surface area contributed by atoms with Gasteiger partial charge in [-0.1, -0.05) is 36.4 Å². The first kappa shape index (κ1) is 17.0. The molecule has 0 unspecified atom stereocenters. The van der Waals surface area contributed by atoms with E-state index in [1.54, 1.807) is 36.4 Å². The first-order valence-corrected chi connectivity index (χ1v) is 7.03. The van der Waals surface area contributed by atoms with Crippen LogP contribution >= 0.6 is 0 Å². The van der Waals surface area contributed by atoms with Crippen molar-refractivity contribution in [1.29, 1.82) is 0 Å². The van der Waals surface area contributed by atoms with Crippen LogP contribution in [0.15, 0.2) is 48.5 Å². The van der Waals surface area contributed by atoms with E-state index in [4.69, 9.17) is 0 Å². The molecule has 2 aromatic rings. The van der Waals surface area contributed by atoms with Gasteiger partial charge in [-0.3, -0.25) is 0 Å². The molecule has 0 saturated carbocycles. The fourth-order valence-corrected chi connectivity index (χ4v) is 1.99. The van der Waals surface area contributed by atoms with Crippen molar-refractivity contribution in [2.24, 2.45) is 0 Å². The van der Waals surface area contributed by atoms with E-state index < -0.39 is 18.0 Å². The summed E-state index contributed by atoms with van der Waals surface area (Å²) in [7, 11) is 1.26. The number of anilines is 1. The maximum atomic E-state index is 11.9. The van der Waals surface area contributed by atoms with Crippen molar-refractivity contribution in [3.8, 4) is 0 Å². The van der Waals surface area contributed by atoms with Crippen LogP contribution in [-0.2, 0) is 11.3 Å². The summed E-state index contributed by atoms with van der Waals surface area (Å²) in [6.45, 7) is 0.194. The molecule has 0 fully saturated rings. The highest BCUT2D eigenvalue weighted by atomic mass is 16.5. The molecule has 2 rings (SSSR count). The molecule has 0 saturated heterocycles. The lowest BCUT2D eigenvalue weighted by Gasteiger charge is -2.11.